The van der Waals surface area contributed by atoms with Gasteiger partial charge in [-0.05, 0) is 18.8 Å². The molecule has 0 aliphatic heterocycles. The van der Waals surface area contributed by atoms with Crippen molar-refractivity contribution >= 4 is 0 Å². The van der Waals surface area contributed by atoms with Crippen LogP contribution >= 0.6 is 0 Å². The summed E-state index contributed by atoms with van der Waals surface area (Å²) in [5.74, 6) is 2.15. The van der Waals surface area contributed by atoms with E-state index in [1.54, 1.807) is 6.92 Å². The smallest absolute Gasteiger partial charge is 0.223 e. The molecule has 0 radical (unpaired) electrons. The maximum absolute atomic E-state index is 5.47. The van der Waals surface area contributed by atoms with Gasteiger partial charge < -0.3 is 14.6 Å². The second kappa shape index (κ2) is 5.23. The quantitative estimate of drug-likeness (QED) is 0.679. The largest absolute Gasteiger partial charge is 0.380 e. The highest BCUT2D eigenvalue weighted by atomic mass is 16.5. The number of hydrogen-bond acceptors (Lipinski definition) is 5. The van der Waals surface area contributed by atoms with E-state index in [2.05, 4.69) is 15.5 Å². The molecule has 0 saturated heterocycles. The van der Waals surface area contributed by atoms with Gasteiger partial charge in [0.05, 0.1) is 13.2 Å². The number of ether oxygens (including phenoxy) is 1. The van der Waals surface area contributed by atoms with Crippen molar-refractivity contribution in [3.63, 3.8) is 0 Å². The van der Waals surface area contributed by atoms with Gasteiger partial charge in [0, 0.05) is 20.1 Å². The van der Waals surface area contributed by atoms with Crippen molar-refractivity contribution in [3.05, 3.63) is 11.7 Å². The Kier molecular flexibility index (Phi) is 3.69. The zero-order chi connectivity index (χ0) is 10.5. The molecule has 0 atom stereocenters. The van der Waals surface area contributed by atoms with Crippen LogP contribution < -0.4 is 5.32 Å². The lowest BCUT2D eigenvalue weighted by atomic mass is 10.5. The summed E-state index contributed by atoms with van der Waals surface area (Å²) in [4.78, 5) is 4.09. The lowest BCUT2D eigenvalue weighted by Gasteiger charge is -2.03. The zero-order valence-corrected chi connectivity index (χ0v) is 9.03. The van der Waals surface area contributed by atoms with E-state index in [0.717, 1.165) is 25.7 Å². The molecule has 5 heteroatoms. The summed E-state index contributed by atoms with van der Waals surface area (Å²) >= 11 is 0. The molecule has 1 aromatic rings. The standard InChI is InChI=1S/C10H17N3O2/c1-8-12-10(13-15-8)6-11-4-5-14-7-9-2-3-9/h9,11H,2-7H2,1H3. The normalized spacial score (nSPS) is 15.8. The van der Waals surface area contributed by atoms with Gasteiger partial charge in [0.25, 0.3) is 0 Å². The first kappa shape index (κ1) is 10.6. The predicted octanol–water partition coefficient (Wildman–Crippen LogP) is 0.894. The highest BCUT2D eigenvalue weighted by Gasteiger charge is 2.20. The molecule has 1 saturated carbocycles. The number of nitrogens with one attached hydrogen (secondary N) is 1. The first-order valence-electron chi connectivity index (χ1n) is 5.42. The van der Waals surface area contributed by atoms with Gasteiger partial charge in [0.2, 0.25) is 5.89 Å². The molecule has 1 aliphatic carbocycles. The van der Waals surface area contributed by atoms with Crippen molar-refractivity contribution in [1.29, 1.82) is 0 Å². The van der Waals surface area contributed by atoms with Gasteiger partial charge in [0.15, 0.2) is 5.82 Å². The molecular weight excluding hydrogens is 194 g/mol. The first-order chi connectivity index (χ1) is 7.34. The second-order valence-electron chi connectivity index (χ2n) is 3.92. The highest BCUT2D eigenvalue weighted by Crippen LogP contribution is 2.28. The Balaban J connectivity index is 1.47. The van der Waals surface area contributed by atoms with E-state index in [9.17, 15) is 0 Å². The summed E-state index contributed by atoms with van der Waals surface area (Å²) in [6.45, 7) is 4.94. The van der Waals surface area contributed by atoms with Crippen LogP contribution in [0.4, 0.5) is 0 Å². The van der Waals surface area contributed by atoms with Crippen LogP contribution in [0.5, 0.6) is 0 Å². The summed E-state index contributed by atoms with van der Waals surface area (Å²) in [5, 5.41) is 6.98. The molecule has 0 bridgehead atoms. The fourth-order valence-corrected chi connectivity index (χ4v) is 1.29. The molecular formula is C10H17N3O2. The molecule has 0 spiro atoms. The van der Waals surface area contributed by atoms with Crippen molar-refractivity contribution in [3.8, 4) is 0 Å². The van der Waals surface area contributed by atoms with Crippen molar-refractivity contribution in [2.75, 3.05) is 19.8 Å². The lowest BCUT2D eigenvalue weighted by molar-refractivity contribution is 0.126. The molecule has 84 valence electrons. The molecule has 1 aliphatic rings. The highest BCUT2D eigenvalue weighted by molar-refractivity contribution is 4.82. The topological polar surface area (TPSA) is 60.2 Å². The van der Waals surface area contributed by atoms with Crippen molar-refractivity contribution in [2.24, 2.45) is 5.92 Å². The molecule has 0 unspecified atom stereocenters. The average molecular weight is 211 g/mol. The Labute approximate surface area is 89.2 Å². The molecule has 1 fully saturated rings. The Morgan fingerprint density at radius 3 is 3.07 bits per heavy atom. The first-order valence-corrected chi connectivity index (χ1v) is 5.42. The van der Waals surface area contributed by atoms with Gasteiger partial charge in [-0.15, -0.1) is 0 Å². The van der Waals surface area contributed by atoms with Gasteiger partial charge >= 0.3 is 0 Å². The number of aromatic nitrogens is 2. The maximum Gasteiger partial charge on any atom is 0.223 e. The van der Waals surface area contributed by atoms with Gasteiger partial charge in [-0.1, -0.05) is 5.16 Å². The molecule has 2 rings (SSSR count). The van der Waals surface area contributed by atoms with Crippen LogP contribution in [0, 0.1) is 12.8 Å². The maximum atomic E-state index is 5.47. The predicted molar refractivity (Wildman–Crippen MR) is 54.3 cm³/mol. The zero-order valence-electron chi connectivity index (χ0n) is 9.03. The molecule has 0 amide bonds. The second-order valence-corrected chi connectivity index (χ2v) is 3.92. The summed E-state index contributed by atoms with van der Waals surface area (Å²) in [5.41, 5.74) is 0. The van der Waals surface area contributed by atoms with Crippen LogP contribution in [0.15, 0.2) is 4.52 Å². The Hall–Kier alpha value is -0.940. The van der Waals surface area contributed by atoms with Gasteiger partial charge in [0.1, 0.15) is 0 Å². The summed E-state index contributed by atoms with van der Waals surface area (Å²) in [6, 6.07) is 0. The van der Waals surface area contributed by atoms with Gasteiger partial charge in [-0.3, -0.25) is 0 Å². The number of hydrogen-bond donors (Lipinski definition) is 1. The van der Waals surface area contributed by atoms with E-state index in [1.165, 1.54) is 12.8 Å². The fourth-order valence-electron chi connectivity index (χ4n) is 1.29. The SMILES string of the molecule is Cc1nc(CNCCOCC2CC2)no1. The molecule has 5 nitrogen and oxygen atoms in total. The minimum Gasteiger partial charge on any atom is -0.380 e. The Morgan fingerprint density at radius 1 is 1.53 bits per heavy atom. The summed E-state index contributed by atoms with van der Waals surface area (Å²) < 4.78 is 10.3. The van der Waals surface area contributed by atoms with E-state index in [0.29, 0.717) is 18.3 Å². The molecule has 1 N–H and O–H groups in total. The monoisotopic (exact) mass is 211 g/mol. The minimum atomic E-state index is 0.608. The lowest BCUT2D eigenvalue weighted by Crippen LogP contribution is -2.20. The summed E-state index contributed by atoms with van der Waals surface area (Å²) in [6.07, 6.45) is 2.69. The fraction of sp³-hybridized carbons (Fsp3) is 0.800. The van der Waals surface area contributed by atoms with E-state index in [-0.39, 0.29) is 0 Å². The van der Waals surface area contributed by atoms with Crippen molar-refractivity contribution < 1.29 is 9.26 Å². The third kappa shape index (κ3) is 3.97. The summed E-state index contributed by atoms with van der Waals surface area (Å²) in [7, 11) is 0. The van der Waals surface area contributed by atoms with Crippen LogP contribution in [0.1, 0.15) is 24.6 Å². The van der Waals surface area contributed by atoms with Crippen molar-refractivity contribution in [1.82, 2.24) is 15.5 Å². The van der Waals surface area contributed by atoms with Crippen LogP contribution in [0.3, 0.4) is 0 Å². The number of aryl methyl sites for hydroxylation is 1. The number of nitrogens with zero attached hydrogens (tertiary/aromatic N) is 2. The van der Waals surface area contributed by atoms with E-state index in [4.69, 9.17) is 9.26 Å². The Bertz CT molecular complexity index is 297. The average Bonchev–Trinajstić information content (AvgIpc) is 2.95. The number of rotatable bonds is 7. The van der Waals surface area contributed by atoms with E-state index < -0.39 is 0 Å². The van der Waals surface area contributed by atoms with Gasteiger partial charge in [-0.25, -0.2) is 0 Å². The molecule has 0 aromatic carbocycles. The van der Waals surface area contributed by atoms with Crippen LogP contribution in [0.25, 0.3) is 0 Å². The molecule has 1 heterocycles. The van der Waals surface area contributed by atoms with Crippen LogP contribution in [-0.2, 0) is 11.3 Å². The van der Waals surface area contributed by atoms with Crippen molar-refractivity contribution in [2.45, 2.75) is 26.3 Å². The molecule has 15 heavy (non-hydrogen) atoms. The third-order valence-corrected chi connectivity index (χ3v) is 2.33. The third-order valence-electron chi connectivity index (χ3n) is 2.33. The van der Waals surface area contributed by atoms with E-state index in [1.807, 2.05) is 0 Å². The van der Waals surface area contributed by atoms with Gasteiger partial charge in [-0.2, -0.15) is 4.98 Å². The molecule has 1 aromatic heterocycles. The van der Waals surface area contributed by atoms with E-state index >= 15 is 0 Å². The van der Waals surface area contributed by atoms with Crippen LogP contribution in [0.2, 0.25) is 0 Å². The van der Waals surface area contributed by atoms with Crippen LogP contribution in [-0.4, -0.2) is 29.9 Å². The Morgan fingerprint density at radius 2 is 2.40 bits per heavy atom. The minimum absolute atomic E-state index is 0.608.